The predicted octanol–water partition coefficient (Wildman–Crippen LogP) is 1.16. The molecule has 0 aromatic heterocycles. The second-order valence-electron chi connectivity index (χ2n) is 3.33. The molecule has 1 rings (SSSR count). The van der Waals surface area contributed by atoms with E-state index in [-0.39, 0.29) is 11.8 Å². The van der Waals surface area contributed by atoms with Gasteiger partial charge < -0.3 is 0 Å². The maximum atomic E-state index is 11.6. The second kappa shape index (κ2) is 4.19. The summed E-state index contributed by atoms with van der Waals surface area (Å²) in [5, 5.41) is 0.412. The number of rotatable bonds is 2. The quantitative estimate of drug-likeness (QED) is 0.705. The van der Waals surface area contributed by atoms with Crippen LogP contribution in [0.1, 0.15) is 20.8 Å². The zero-order valence-corrected chi connectivity index (χ0v) is 9.99. The van der Waals surface area contributed by atoms with Crippen molar-refractivity contribution >= 4 is 21.8 Å². The van der Waals surface area contributed by atoms with Crippen molar-refractivity contribution < 1.29 is 8.42 Å². The SMILES string of the molecule is CCS(=O)(=O)N1CCSC(C)C1C. The molecule has 0 aliphatic carbocycles. The first-order valence-corrected chi connectivity index (χ1v) is 7.26. The highest BCUT2D eigenvalue weighted by Crippen LogP contribution is 2.26. The average Bonchev–Trinajstić information content (AvgIpc) is 2.09. The van der Waals surface area contributed by atoms with Gasteiger partial charge in [0.25, 0.3) is 0 Å². The average molecular weight is 223 g/mol. The Morgan fingerprint density at radius 2 is 2.08 bits per heavy atom. The Labute approximate surface area is 84.9 Å². The fraction of sp³-hybridized carbons (Fsp3) is 1.00. The molecule has 3 nitrogen and oxygen atoms in total. The number of hydrogen-bond acceptors (Lipinski definition) is 3. The van der Waals surface area contributed by atoms with E-state index in [0.29, 0.717) is 11.8 Å². The topological polar surface area (TPSA) is 37.4 Å². The van der Waals surface area contributed by atoms with Crippen LogP contribution >= 0.6 is 11.8 Å². The van der Waals surface area contributed by atoms with Gasteiger partial charge in [-0.2, -0.15) is 16.1 Å². The van der Waals surface area contributed by atoms with Gasteiger partial charge in [0, 0.05) is 23.6 Å². The van der Waals surface area contributed by atoms with Gasteiger partial charge in [0.15, 0.2) is 0 Å². The van der Waals surface area contributed by atoms with Gasteiger partial charge in [-0.3, -0.25) is 0 Å². The lowest BCUT2D eigenvalue weighted by Crippen LogP contribution is -2.48. The normalized spacial score (nSPS) is 31.9. The summed E-state index contributed by atoms with van der Waals surface area (Å²) in [6, 6.07) is 0.142. The lowest BCUT2D eigenvalue weighted by atomic mass is 10.2. The van der Waals surface area contributed by atoms with E-state index in [4.69, 9.17) is 0 Å². The van der Waals surface area contributed by atoms with Crippen LogP contribution in [0, 0.1) is 0 Å². The monoisotopic (exact) mass is 223 g/mol. The first-order chi connectivity index (χ1) is 5.99. The maximum absolute atomic E-state index is 11.6. The summed E-state index contributed by atoms with van der Waals surface area (Å²) in [7, 11) is -2.98. The molecule has 1 heterocycles. The van der Waals surface area contributed by atoms with Gasteiger partial charge in [-0.15, -0.1) is 0 Å². The van der Waals surface area contributed by atoms with Crippen LogP contribution < -0.4 is 0 Å². The molecule has 2 unspecified atom stereocenters. The molecule has 13 heavy (non-hydrogen) atoms. The van der Waals surface area contributed by atoms with Crippen molar-refractivity contribution in [2.45, 2.75) is 32.1 Å². The van der Waals surface area contributed by atoms with Gasteiger partial charge in [-0.1, -0.05) is 6.92 Å². The van der Waals surface area contributed by atoms with Crippen LogP contribution in [0.15, 0.2) is 0 Å². The maximum Gasteiger partial charge on any atom is 0.214 e. The summed E-state index contributed by atoms with van der Waals surface area (Å²) in [5.74, 6) is 1.14. The van der Waals surface area contributed by atoms with Crippen LogP contribution in [0.3, 0.4) is 0 Å². The van der Waals surface area contributed by atoms with Gasteiger partial charge in [0.1, 0.15) is 0 Å². The Morgan fingerprint density at radius 3 is 2.62 bits per heavy atom. The zero-order valence-electron chi connectivity index (χ0n) is 8.36. The molecule has 0 aromatic carbocycles. The third-order valence-corrected chi connectivity index (χ3v) is 5.85. The third-order valence-electron chi connectivity index (χ3n) is 2.55. The molecule has 0 spiro atoms. The molecule has 0 bridgehead atoms. The number of nitrogens with zero attached hydrogens (tertiary/aromatic N) is 1. The Bertz CT molecular complexity index is 263. The summed E-state index contributed by atoms with van der Waals surface area (Å²) < 4.78 is 24.9. The first kappa shape index (κ1) is 11.3. The summed E-state index contributed by atoms with van der Waals surface area (Å²) in [6.07, 6.45) is 0. The van der Waals surface area contributed by atoms with Crippen LogP contribution in [0.25, 0.3) is 0 Å². The molecular formula is C8H17NO2S2. The highest BCUT2D eigenvalue weighted by Gasteiger charge is 2.32. The first-order valence-electron chi connectivity index (χ1n) is 4.60. The minimum absolute atomic E-state index is 0.142. The molecule has 0 aromatic rings. The largest absolute Gasteiger partial charge is 0.214 e. The molecule has 78 valence electrons. The Morgan fingerprint density at radius 1 is 1.46 bits per heavy atom. The van der Waals surface area contributed by atoms with E-state index < -0.39 is 10.0 Å². The highest BCUT2D eigenvalue weighted by molar-refractivity contribution is 8.00. The Balaban J connectivity index is 2.80. The minimum atomic E-state index is -2.98. The van der Waals surface area contributed by atoms with Crippen LogP contribution in [-0.4, -0.2) is 42.1 Å². The second-order valence-corrected chi connectivity index (χ2v) is 7.02. The number of thioether (sulfide) groups is 1. The molecule has 0 saturated carbocycles. The van der Waals surface area contributed by atoms with Crippen LogP contribution in [0.4, 0.5) is 0 Å². The van der Waals surface area contributed by atoms with E-state index in [1.54, 1.807) is 11.2 Å². The minimum Gasteiger partial charge on any atom is -0.212 e. The molecule has 0 N–H and O–H groups in total. The van der Waals surface area contributed by atoms with Crippen LogP contribution in [0.2, 0.25) is 0 Å². The van der Waals surface area contributed by atoms with Gasteiger partial charge in [-0.05, 0) is 13.8 Å². The molecule has 1 aliphatic rings. The predicted molar refractivity (Wildman–Crippen MR) is 57.5 cm³/mol. The van der Waals surface area contributed by atoms with E-state index in [1.807, 2.05) is 18.7 Å². The highest BCUT2D eigenvalue weighted by atomic mass is 32.2. The van der Waals surface area contributed by atoms with E-state index in [1.165, 1.54) is 0 Å². The molecule has 0 amide bonds. The fourth-order valence-corrected chi connectivity index (χ4v) is 4.15. The summed E-state index contributed by atoms with van der Waals surface area (Å²) in [5.41, 5.74) is 0. The van der Waals surface area contributed by atoms with E-state index in [2.05, 4.69) is 6.92 Å². The van der Waals surface area contributed by atoms with Crippen molar-refractivity contribution in [3.05, 3.63) is 0 Å². The van der Waals surface area contributed by atoms with Gasteiger partial charge in [0.2, 0.25) is 10.0 Å². The Hall–Kier alpha value is 0.260. The van der Waals surface area contributed by atoms with Crippen LogP contribution in [0.5, 0.6) is 0 Å². The molecule has 1 fully saturated rings. The van der Waals surface area contributed by atoms with Crippen molar-refractivity contribution in [1.82, 2.24) is 4.31 Å². The lowest BCUT2D eigenvalue weighted by Gasteiger charge is -2.36. The Kier molecular flexibility index (Phi) is 3.65. The fourth-order valence-electron chi connectivity index (χ4n) is 1.46. The van der Waals surface area contributed by atoms with Crippen molar-refractivity contribution in [2.24, 2.45) is 0 Å². The van der Waals surface area contributed by atoms with Crippen molar-refractivity contribution in [2.75, 3.05) is 18.1 Å². The summed E-state index contributed by atoms with van der Waals surface area (Å²) >= 11 is 1.85. The summed E-state index contributed by atoms with van der Waals surface area (Å²) in [6.45, 7) is 6.46. The molecule has 0 radical (unpaired) electrons. The van der Waals surface area contributed by atoms with E-state index in [0.717, 1.165) is 5.75 Å². The van der Waals surface area contributed by atoms with E-state index >= 15 is 0 Å². The molecule has 5 heteroatoms. The summed E-state index contributed by atoms with van der Waals surface area (Å²) in [4.78, 5) is 0. The molecule has 1 aliphatic heterocycles. The zero-order chi connectivity index (χ0) is 10.1. The smallest absolute Gasteiger partial charge is 0.212 e. The molecular weight excluding hydrogens is 206 g/mol. The van der Waals surface area contributed by atoms with Crippen molar-refractivity contribution in [1.29, 1.82) is 0 Å². The lowest BCUT2D eigenvalue weighted by molar-refractivity contribution is 0.341. The van der Waals surface area contributed by atoms with Gasteiger partial charge in [-0.25, -0.2) is 8.42 Å². The van der Waals surface area contributed by atoms with Crippen molar-refractivity contribution in [3.8, 4) is 0 Å². The van der Waals surface area contributed by atoms with E-state index in [9.17, 15) is 8.42 Å². The molecule has 2 atom stereocenters. The number of hydrogen-bond donors (Lipinski definition) is 0. The third kappa shape index (κ3) is 2.39. The van der Waals surface area contributed by atoms with Crippen molar-refractivity contribution in [3.63, 3.8) is 0 Å². The standard InChI is InChI=1S/C8H17NO2S2/c1-4-13(10,11)9-5-6-12-8(3)7(9)2/h7-8H,4-6H2,1-3H3. The molecule has 1 saturated heterocycles. The van der Waals surface area contributed by atoms with Gasteiger partial charge >= 0.3 is 0 Å². The number of sulfonamides is 1. The van der Waals surface area contributed by atoms with Gasteiger partial charge in [0.05, 0.1) is 5.75 Å². The van der Waals surface area contributed by atoms with Crippen LogP contribution in [-0.2, 0) is 10.0 Å².